The fraction of sp³-hybridized carbons (Fsp3) is 0.400. The Morgan fingerprint density at radius 3 is 2.50 bits per heavy atom. The van der Waals surface area contributed by atoms with Crippen LogP contribution in [0.2, 0.25) is 0 Å². The number of aliphatic hydroxyl groups excluding tert-OH is 1. The molecule has 1 atom stereocenters. The van der Waals surface area contributed by atoms with Crippen molar-refractivity contribution in [2.24, 2.45) is 0 Å². The fourth-order valence-corrected chi connectivity index (χ4v) is 2.35. The molecule has 20 heavy (non-hydrogen) atoms. The van der Waals surface area contributed by atoms with Gasteiger partial charge in [0.05, 0.1) is 24.5 Å². The Morgan fingerprint density at radius 1 is 1.30 bits per heavy atom. The number of nitrogens with two attached hydrogens (primary N) is 1. The number of anilines is 2. The lowest BCUT2D eigenvalue weighted by Crippen LogP contribution is -2.32. The van der Waals surface area contributed by atoms with Crippen LogP contribution in [0.5, 0.6) is 0 Å². The highest BCUT2D eigenvalue weighted by atomic mass is 16.3. The number of nitrogens with zero attached hydrogens (tertiary/aromatic N) is 3. The number of aromatic nitrogens is 2. The van der Waals surface area contributed by atoms with Crippen LogP contribution in [0.3, 0.4) is 0 Å². The number of aliphatic hydroxyl groups is 1. The molecule has 0 saturated carbocycles. The molecule has 0 amide bonds. The van der Waals surface area contributed by atoms with Gasteiger partial charge in [-0.25, -0.2) is 0 Å². The zero-order valence-corrected chi connectivity index (χ0v) is 12.2. The van der Waals surface area contributed by atoms with Gasteiger partial charge in [0.25, 0.3) is 0 Å². The van der Waals surface area contributed by atoms with Crippen LogP contribution < -0.4 is 10.6 Å². The van der Waals surface area contributed by atoms with Crippen LogP contribution in [0.4, 0.5) is 11.4 Å². The maximum absolute atomic E-state index is 10.1. The van der Waals surface area contributed by atoms with Crippen LogP contribution in [0, 0.1) is 13.8 Å². The van der Waals surface area contributed by atoms with E-state index in [1.807, 2.05) is 7.05 Å². The van der Waals surface area contributed by atoms with Crippen LogP contribution in [-0.4, -0.2) is 34.6 Å². The predicted octanol–water partition coefficient (Wildman–Crippen LogP) is 1.58. The molecule has 0 aliphatic rings. The van der Waals surface area contributed by atoms with Gasteiger partial charge in [-0.15, -0.1) is 0 Å². The molecule has 2 rings (SSSR count). The summed E-state index contributed by atoms with van der Waals surface area (Å²) in [6.07, 6.45) is 2.81. The standard InChI is InChI=1S/C15H22N4O/c1-11-4-12(2)6-14(5-11)18(3)9-15(20)10-19-8-13(16)7-17-19/h4-8,15,20H,9-10,16H2,1-3H3. The van der Waals surface area contributed by atoms with Gasteiger partial charge in [0.1, 0.15) is 0 Å². The van der Waals surface area contributed by atoms with Crippen molar-refractivity contribution in [2.45, 2.75) is 26.5 Å². The third-order valence-electron chi connectivity index (χ3n) is 3.18. The number of aryl methyl sites for hydroxylation is 2. The van der Waals surface area contributed by atoms with Crippen molar-refractivity contribution < 1.29 is 5.11 Å². The van der Waals surface area contributed by atoms with Crippen molar-refractivity contribution in [3.05, 3.63) is 41.7 Å². The Bertz CT molecular complexity index is 559. The summed E-state index contributed by atoms with van der Waals surface area (Å²) < 4.78 is 1.66. The Balaban J connectivity index is 1.97. The molecule has 1 aromatic carbocycles. The second-order valence-electron chi connectivity index (χ2n) is 5.38. The molecule has 0 spiro atoms. The molecule has 0 bridgehead atoms. The molecular weight excluding hydrogens is 252 g/mol. The average molecular weight is 274 g/mol. The van der Waals surface area contributed by atoms with Gasteiger partial charge in [0, 0.05) is 25.5 Å². The molecule has 1 unspecified atom stereocenters. The van der Waals surface area contributed by atoms with Crippen LogP contribution in [0.25, 0.3) is 0 Å². The molecule has 2 aromatic rings. The van der Waals surface area contributed by atoms with Crippen molar-refractivity contribution in [1.82, 2.24) is 9.78 Å². The molecule has 5 nitrogen and oxygen atoms in total. The van der Waals surface area contributed by atoms with Crippen molar-refractivity contribution in [1.29, 1.82) is 0 Å². The smallest absolute Gasteiger partial charge is 0.0910 e. The Kier molecular flexibility index (Phi) is 4.29. The van der Waals surface area contributed by atoms with E-state index in [0.29, 0.717) is 18.8 Å². The van der Waals surface area contributed by atoms with E-state index >= 15 is 0 Å². The summed E-state index contributed by atoms with van der Waals surface area (Å²) in [5, 5.41) is 14.2. The summed E-state index contributed by atoms with van der Waals surface area (Å²) in [5.41, 5.74) is 9.77. The molecule has 0 saturated heterocycles. The third kappa shape index (κ3) is 3.74. The van der Waals surface area contributed by atoms with E-state index in [-0.39, 0.29) is 0 Å². The number of likely N-dealkylation sites (N-methyl/N-ethyl adjacent to an activating group) is 1. The van der Waals surface area contributed by atoms with Crippen molar-refractivity contribution >= 4 is 11.4 Å². The maximum atomic E-state index is 10.1. The van der Waals surface area contributed by atoms with Crippen molar-refractivity contribution in [3.63, 3.8) is 0 Å². The van der Waals surface area contributed by atoms with Crippen LogP contribution >= 0.6 is 0 Å². The van der Waals surface area contributed by atoms with E-state index in [0.717, 1.165) is 5.69 Å². The van der Waals surface area contributed by atoms with Gasteiger partial charge in [-0.2, -0.15) is 5.10 Å². The van der Waals surface area contributed by atoms with Crippen LogP contribution in [-0.2, 0) is 6.54 Å². The first-order chi connectivity index (χ1) is 9.44. The lowest BCUT2D eigenvalue weighted by Gasteiger charge is -2.23. The number of rotatable bonds is 5. The summed E-state index contributed by atoms with van der Waals surface area (Å²) in [6.45, 7) is 5.13. The summed E-state index contributed by atoms with van der Waals surface area (Å²) in [5.74, 6) is 0. The Hall–Kier alpha value is -2.01. The minimum absolute atomic E-state index is 0.437. The second kappa shape index (κ2) is 5.96. The van der Waals surface area contributed by atoms with Gasteiger partial charge in [0.2, 0.25) is 0 Å². The first-order valence-electron chi connectivity index (χ1n) is 6.69. The van der Waals surface area contributed by atoms with Gasteiger partial charge in [-0.05, 0) is 37.1 Å². The highest BCUT2D eigenvalue weighted by Gasteiger charge is 2.11. The SMILES string of the molecule is Cc1cc(C)cc(N(C)CC(O)Cn2cc(N)cn2)c1. The zero-order chi connectivity index (χ0) is 14.7. The monoisotopic (exact) mass is 274 g/mol. The molecular formula is C15H22N4O. The average Bonchev–Trinajstić information content (AvgIpc) is 2.73. The van der Waals surface area contributed by atoms with Crippen LogP contribution in [0.15, 0.2) is 30.6 Å². The first-order valence-corrected chi connectivity index (χ1v) is 6.69. The highest BCUT2D eigenvalue weighted by molar-refractivity contribution is 5.50. The summed E-state index contributed by atoms with van der Waals surface area (Å²) in [4.78, 5) is 2.05. The first kappa shape index (κ1) is 14.4. The Morgan fingerprint density at radius 2 is 1.95 bits per heavy atom. The van der Waals surface area contributed by atoms with Gasteiger partial charge in [0.15, 0.2) is 0 Å². The predicted molar refractivity (Wildman–Crippen MR) is 81.8 cm³/mol. The van der Waals surface area contributed by atoms with Crippen LogP contribution in [0.1, 0.15) is 11.1 Å². The summed E-state index contributed by atoms with van der Waals surface area (Å²) >= 11 is 0. The molecule has 0 aliphatic heterocycles. The van der Waals surface area contributed by atoms with Gasteiger partial charge in [-0.3, -0.25) is 4.68 Å². The van der Waals surface area contributed by atoms with E-state index < -0.39 is 6.10 Å². The lowest BCUT2D eigenvalue weighted by atomic mass is 10.1. The molecule has 108 valence electrons. The van der Waals surface area contributed by atoms with E-state index in [1.54, 1.807) is 17.1 Å². The molecule has 5 heteroatoms. The number of benzene rings is 1. The van der Waals surface area contributed by atoms with E-state index in [2.05, 4.69) is 42.0 Å². The fourth-order valence-electron chi connectivity index (χ4n) is 2.35. The minimum atomic E-state index is -0.500. The third-order valence-corrected chi connectivity index (χ3v) is 3.18. The zero-order valence-electron chi connectivity index (χ0n) is 12.2. The molecule has 3 N–H and O–H groups in total. The largest absolute Gasteiger partial charge is 0.396 e. The molecule has 0 radical (unpaired) electrons. The quantitative estimate of drug-likeness (QED) is 0.868. The number of hydrogen-bond donors (Lipinski definition) is 2. The second-order valence-corrected chi connectivity index (χ2v) is 5.38. The van der Waals surface area contributed by atoms with E-state index in [9.17, 15) is 5.11 Å². The molecule has 0 aliphatic carbocycles. The minimum Gasteiger partial charge on any atom is -0.396 e. The van der Waals surface area contributed by atoms with Gasteiger partial charge in [-0.1, -0.05) is 6.07 Å². The van der Waals surface area contributed by atoms with E-state index in [4.69, 9.17) is 5.73 Å². The van der Waals surface area contributed by atoms with Crippen molar-refractivity contribution in [2.75, 3.05) is 24.2 Å². The maximum Gasteiger partial charge on any atom is 0.0910 e. The number of hydrogen-bond acceptors (Lipinski definition) is 4. The van der Waals surface area contributed by atoms with E-state index in [1.165, 1.54) is 11.1 Å². The van der Waals surface area contributed by atoms with Crippen molar-refractivity contribution in [3.8, 4) is 0 Å². The molecule has 1 aromatic heterocycles. The molecule has 0 fully saturated rings. The normalized spacial score (nSPS) is 12.4. The summed E-state index contributed by atoms with van der Waals surface area (Å²) in [7, 11) is 1.98. The highest BCUT2D eigenvalue weighted by Crippen LogP contribution is 2.17. The topological polar surface area (TPSA) is 67.3 Å². The van der Waals surface area contributed by atoms with Gasteiger partial charge >= 0.3 is 0 Å². The molecule has 1 heterocycles. The lowest BCUT2D eigenvalue weighted by molar-refractivity contribution is 0.156. The Labute approximate surface area is 119 Å². The summed E-state index contributed by atoms with van der Waals surface area (Å²) in [6, 6.07) is 6.37. The number of nitrogen functional groups attached to an aromatic ring is 1. The van der Waals surface area contributed by atoms with Gasteiger partial charge < -0.3 is 15.7 Å².